The van der Waals surface area contributed by atoms with Crippen LogP contribution in [0.1, 0.15) is 25.2 Å². The Balaban J connectivity index is 1.75. The van der Waals surface area contributed by atoms with Gasteiger partial charge in [0.25, 0.3) is 0 Å². The molecule has 0 amide bonds. The summed E-state index contributed by atoms with van der Waals surface area (Å²) < 4.78 is 16.1. The number of nitrogens with zero attached hydrogens (tertiary/aromatic N) is 2. The highest BCUT2D eigenvalue weighted by Crippen LogP contribution is 2.26. The molecule has 1 aliphatic rings. The van der Waals surface area contributed by atoms with Gasteiger partial charge in [-0.25, -0.2) is 0 Å². The van der Waals surface area contributed by atoms with Gasteiger partial charge in [-0.15, -0.1) is 0 Å². The van der Waals surface area contributed by atoms with Crippen molar-refractivity contribution in [1.82, 2.24) is 15.5 Å². The molecule has 1 fully saturated rings. The first kappa shape index (κ1) is 12.4. The van der Waals surface area contributed by atoms with Crippen LogP contribution >= 0.6 is 0 Å². The Kier molecular flexibility index (Phi) is 3.61. The van der Waals surface area contributed by atoms with Gasteiger partial charge in [-0.2, -0.15) is 4.98 Å². The third kappa shape index (κ3) is 2.54. The van der Waals surface area contributed by atoms with Gasteiger partial charge in [0.15, 0.2) is 5.76 Å². The summed E-state index contributed by atoms with van der Waals surface area (Å²) in [5.74, 6) is 1.83. The predicted molar refractivity (Wildman–Crippen MR) is 67.6 cm³/mol. The van der Waals surface area contributed by atoms with Crippen LogP contribution < -0.4 is 5.32 Å². The lowest BCUT2D eigenvalue weighted by Gasteiger charge is -2.14. The maximum absolute atomic E-state index is 5.51. The Labute approximate surface area is 111 Å². The fraction of sp³-hybridized carbons (Fsp3) is 0.538. The minimum absolute atomic E-state index is 0.114. The molecule has 2 unspecified atom stereocenters. The van der Waals surface area contributed by atoms with Gasteiger partial charge < -0.3 is 19.0 Å². The fourth-order valence-electron chi connectivity index (χ4n) is 2.22. The van der Waals surface area contributed by atoms with E-state index in [1.54, 1.807) is 12.3 Å². The molecule has 1 N–H and O–H groups in total. The van der Waals surface area contributed by atoms with Gasteiger partial charge in [0.2, 0.25) is 11.7 Å². The van der Waals surface area contributed by atoms with Gasteiger partial charge in [0.05, 0.1) is 25.4 Å². The molecule has 0 aliphatic carbocycles. The normalized spacial score (nSPS) is 23.0. The summed E-state index contributed by atoms with van der Waals surface area (Å²) in [6, 6.07) is 3.85. The van der Waals surface area contributed by atoms with E-state index in [4.69, 9.17) is 13.7 Å². The molecular formula is C13H17N3O3. The highest BCUT2D eigenvalue weighted by molar-refractivity contribution is 5.44. The summed E-state index contributed by atoms with van der Waals surface area (Å²) in [5, 5.41) is 7.40. The number of ether oxygens (including phenoxy) is 1. The molecule has 102 valence electrons. The molecular weight excluding hydrogens is 246 g/mol. The minimum atomic E-state index is 0.114. The number of hydrogen-bond donors (Lipinski definition) is 1. The molecule has 3 rings (SSSR count). The lowest BCUT2D eigenvalue weighted by molar-refractivity contribution is 0.184. The van der Waals surface area contributed by atoms with Crippen molar-refractivity contribution < 1.29 is 13.7 Å². The standard InChI is InChI=1S/C13H17N3O3/c1-2-5-14-10-8-17-7-9(10)13-15-12(16-19-13)11-4-3-6-18-11/h3-4,6,9-10,14H,2,5,7-8H2,1H3. The summed E-state index contributed by atoms with van der Waals surface area (Å²) in [4.78, 5) is 4.40. The first-order chi connectivity index (χ1) is 9.38. The van der Waals surface area contributed by atoms with Gasteiger partial charge in [-0.1, -0.05) is 12.1 Å². The van der Waals surface area contributed by atoms with Crippen LogP contribution in [0.3, 0.4) is 0 Å². The maximum Gasteiger partial charge on any atom is 0.238 e. The molecule has 0 spiro atoms. The first-order valence-electron chi connectivity index (χ1n) is 6.57. The smallest absolute Gasteiger partial charge is 0.238 e. The zero-order chi connectivity index (χ0) is 13.1. The van der Waals surface area contributed by atoms with Gasteiger partial charge in [0, 0.05) is 6.04 Å². The highest BCUT2D eigenvalue weighted by atomic mass is 16.5. The Morgan fingerprint density at radius 2 is 2.37 bits per heavy atom. The van der Waals surface area contributed by atoms with Crippen molar-refractivity contribution in [1.29, 1.82) is 0 Å². The summed E-state index contributed by atoms with van der Waals surface area (Å²) in [5.41, 5.74) is 0. The molecule has 19 heavy (non-hydrogen) atoms. The molecule has 6 nitrogen and oxygen atoms in total. The molecule has 1 saturated heterocycles. The maximum atomic E-state index is 5.51. The highest BCUT2D eigenvalue weighted by Gasteiger charge is 2.33. The quantitative estimate of drug-likeness (QED) is 0.887. The number of rotatable bonds is 5. The Morgan fingerprint density at radius 1 is 1.42 bits per heavy atom. The second-order valence-corrected chi connectivity index (χ2v) is 4.64. The zero-order valence-corrected chi connectivity index (χ0v) is 10.8. The van der Waals surface area contributed by atoms with E-state index < -0.39 is 0 Å². The molecule has 0 saturated carbocycles. The van der Waals surface area contributed by atoms with E-state index >= 15 is 0 Å². The van der Waals surface area contributed by atoms with Crippen molar-refractivity contribution in [3.63, 3.8) is 0 Å². The molecule has 0 aromatic carbocycles. The average Bonchev–Trinajstić information content (AvgIpc) is 3.14. The number of hydrogen-bond acceptors (Lipinski definition) is 6. The minimum Gasteiger partial charge on any atom is -0.461 e. The van der Waals surface area contributed by atoms with Crippen molar-refractivity contribution in [2.24, 2.45) is 0 Å². The summed E-state index contributed by atoms with van der Waals surface area (Å²) in [6.45, 7) is 4.40. The van der Waals surface area contributed by atoms with Gasteiger partial charge >= 0.3 is 0 Å². The summed E-state index contributed by atoms with van der Waals surface area (Å²) in [6.07, 6.45) is 2.68. The van der Waals surface area contributed by atoms with Gasteiger partial charge in [0.1, 0.15) is 0 Å². The molecule has 0 radical (unpaired) electrons. The van der Waals surface area contributed by atoms with E-state index in [-0.39, 0.29) is 12.0 Å². The molecule has 1 aliphatic heterocycles. The molecule has 2 aromatic heterocycles. The van der Waals surface area contributed by atoms with Gasteiger partial charge in [-0.3, -0.25) is 0 Å². The van der Waals surface area contributed by atoms with E-state index in [0.717, 1.165) is 13.0 Å². The first-order valence-corrected chi connectivity index (χ1v) is 6.57. The second-order valence-electron chi connectivity index (χ2n) is 4.64. The van der Waals surface area contributed by atoms with Crippen LogP contribution in [0.5, 0.6) is 0 Å². The lowest BCUT2D eigenvalue weighted by Crippen LogP contribution is -2.34. The van der Waals surface area contributed by atoms with E-state index in [2.05, 4.69) is 22.4 Å². The number of aromatic nitrogens is 2. The fourth-order valence-corrected chi connectivity index (χ4v) is 2.22. The van der Waals surface area contributed by atoms with Crippen LogP contribution in [0.4, 0.5) is 0 Å². The summed E-state index contributed by atoms with van der Waals surface area (Å²) in [7, 11) is 0. The lowest BCUT2D eigenvalue weighted by atomic mass is 10.0. The topological polar surface area (TPSA) is 73.3 Å². The third-order valence-electron chi connectivity index (χ3n) is 3.24. The monoisotopic (exact) mass is 263 g/mol. The van der Waals surface area contributed by atoms with Crippen LogP contribution in [-0.2, 0) is 4.74 Å². The van der Waals surface area contributed by atoms with Crippen LogP contribution in [0.25, 0.3) is 11.6 Å². The predicted octanol–water partition coefficient (Wildman–Crippen LogP) is 1.81. The van der Waals surface area contributed by atoms with E-state index in [9.17, 15) is 0 Å². The van der Waals surface area contributed by atoms with Gasteiger partial charge in [-0.05, 0) is 25.1 Å². The molecule has 3 heterocycles. The van der Waals surface area contributed by atoms with Crippen molar-refractivity contribution in [3.8, 4) is 11.6 Å². The van der Waals surface area contributed by atoms with Crippen LogP contribution in [0.2, 0.25) is 0 Å². The SMILES string of the molecule is CCCNC1COCC1c1nc(-c2ccco2)no1. The van der Waals surface area contributed by atoms with Crippen LogP contribution in [0.15, 0.2) is 27.3 Å². The number of nitrogens with one attached hydrogen (secondary N) is 1. The molecule has 2 aromatic rings. The largest absolute Gasteiger partial charge is 0.461 e. The summed E-state index contributed by atoms with van der Waals surface area (Å²) >= 11 is 0. The zero-order valence-electron chi connectivity index (χ0n) is 10.8. The Hall–Kier alpha value is -1.66. The van der Waals surface area contributed by atoms with Crippen LogP contribution in [-0.4, -0.2) is 35.9 Å². The Morgan fingerprint density at radius 3 is 3.16 bits per heavy atom. The molecule has 0 bridgehead atoms. The van der Waals surface area contributed by atoms with Crippen molar-refractivity contribution in [2.45, 2.75) is 25.3 Å². The van der Waals surface area contributed by atoms with Crippen LogP contribution in [0, 0.1) is 0 Å². The van der Waals surface area contributed by atoms with Crippen molar-refractivity contribution >= 4 is 0 Å². The average molecular weight is 263 g/mol. The molecule has 2 atom stereocenters. The van der Waals surface area contributed by atoms with Crippen molar-refractivity contribution in [2.75, 3.05) is 19.8 Å². The van der Waals surface area contributed by atoms with E-state index in [1.807, 2.05) is 6.07 Å². The molecule has 6 heteroatoms. The Bertz CT molecular complexity index is 509. The second kappa shape index (κ2) is 5.54. The van der Waals surface area contributed by atoms with E-state index in [1.165, 1.54) is 0 Å². The number of furan rings is 1. The van der Waals surface area contributed by atoms with E-state index in [0.29, 0.717) is 30.7 Å². The van der Waals surface area contributed by atoms with Crippen molar-refractivity contribution in [3.05, 3.63) is 24.3 Å². The third-order valence-corrected chi connectivity index (χ3v) is 3.24.